The molecule has 3 heteroatoms. The lowest BCUT2D eigenvalue weighted by Crippen LogP contribution is -2.12. The first-order valence-electron chi connectivity index (χ1n) is 6.76. The maximum absolute atomic E-state index is 13.4. The second-order valence-electron chi connectivity index (χ2n) is 4.77. The van der Waals surface area contributed by atoms with Gasteiger partial charge in [-0.1, -0.05) is 51.2 Å². The molecular weight excluding hydrogens is 234 g/mol. The summed E-state index contributed by atoms with van der Waals surface area (Å²) in [6.07, 6.45) is 5.89. The van der Waals surface area contributed by atoms with Crippen LogP contribution in [-0.4, -0.2) is 11.2 Å². The largest absolute Gasteiger partial charge is 0.393 e. The van der Waals surface area contributed by atoms with E-state index >= 15 is 0 Å². The molecule has 1 rings (SSSR count). The van der Waals surface area contributed by atoms with Crippen molar-refractivity contribution in [1.29, 1.82) is 0 Å². The SMILES string of the molecule is CCCCCCCC(O)Cc1cccc(F)c1F. The highest BCUT2D eigenvalue weighted by atomic mass is 19.2. The first-order chi connectivity index (χ1) is 8.65. The zero-order valence-electron chi connectivity index (χ0n) is 11.0. The van der Waals surface area contributed by atoms with E-state index in [0.29, 0.717) is 6.42 Å². The zero-order valence-corrected chi connectivity index (χ0v) is 11.0. The maximum Gasteiger partial charge on any atom is 0.162 e. The van der Waals surface area contributed by atoms with Gasteiger partial charge in [0.15, 0.2) is 11.6 Å². The summed E-state index contributed by atoms with van der Waals surface area (Å²) in [6.45, 7) is 2.15. The number of hydrogen-bond donors (Lipinski definition) is 1. The van der Waals surface area contributed by atoms with Gasteiger partial charge in [-0.3, -0.25) is 0 Å². The highest BCUT2D eigenvalue weighted by molar-refractivity contribution is 5.19. The van der Waals surface area contributed by atoms with E-state index in [2.05, 4.69) is 6.92 Å². The van der Waals surface area contributed by atoms with Crippen LogP contribution in [0.15, 0.2) is 18.2 Å². The molecule has 0 aliphatic carbocycles. The predicted molar refractivity (Wildman–Crippen MR) is 69.4 cm³/mol. The van der Waals surface area contributed by atoms with Crippen molar-refractivity contribution in [2.24, 2.45) is 0 Å². The second-order valence-corrected chi connectivity index (χ2v) is 4.77. The van der Waals surface area contributed by atoms with Crippen molar-refractivity contribution in [3.05, 3.63) is 35.4 Å². The molecule has 102 valence electrons. The van der Waals surface area contributed by atoms with Crippen LogP contribution in [0.25, 0.3) is 0 Å². The van der Waals surface area contributed by atoms with Crippen LogP contribution in [0.4, 0.5) is 8.78 Å². The van der Waals surface area contributed by atoms with Crippen molar-refractivity contribution in [1.82, 2.24) is 0 Å². The Labute approximate surface area is 108 Å². The average Bonchev–Trinajstić information content (AvgIpc) is 2.35. The lowest BCUT2D eigenvalue weighted by Gasteiger charge is -2.11. The van der Waals surface area contributed by atoms with Gasteiger partial charge in [0.05, 0.1) is 6.10 Å². The first kappa shape index (κ1) is 15.1. The zero-order chi connectivity index (χ0) is 13.4. The number of benzene rings is 1. The van der Waals surface area contributed by atoms with Crippen LogP contribution in [0.1, 0.15) is 51.0 Å². The minimum Gasteiger partial charge on any atom is -0.393 e. The Balaban J connectivity index is 2.31. The summed E-state index contributed by atoms with van der Waals surface area (Å²) in [7, 11) is 0. The van der Waals surface area contributed by atoms with Gasteiger partial charge in [0.1, 0.15) is 0 Å². The minimum atomic E-state index is -0.845. The topological polar surface area (TPSA) is 20.2 Å². The molecular formula is C15H22F2O. The molecule has 1 aromatic carbocycles. The molecule has 1 nitrogen and oxygen atoms in total. The first-order valence-corrected chi connectivity index (χ1v) is 6.76. The van der Waals surface area contributed by atoms with E-state index in [1.54, 1.807) is 0 Å². The fourth-order valence-corrected chi connectivity index (χ4v) is 2.05. The molecule has 18 heavy (non-hydrogen) atoms. The Kier molecular flexibility index (Phi) is 6.88. The molecule has 0 radical (unpaired) electrons. The van der Waals surface area contributed by atoms with Crippen molar-refractivity contribution in [3.63, 3.8) is 0 Å². The molecule has 1 unspecified atom stereocenters. The molecule has 0 saturated heterocycles. The van der Waals surface area contributed by atoms with Crippen molar-refractivity contribution in [2.45, 2.75) is 58.0 Å². The summed E-state index contributed by atoms with van der Waals surface area (Å²) >= 11 is 0. The Bertz CT molecular complexity index is 352. The van der Waals surface area contributed by atoms with E-state index in [4.69, 9.17) is 0 Å². The van der Waals surface area contributed by atoms with E-state index < -0.39 is 17.7 Å². The normalized spacial score (nSPS) is 12.7. The molecule has 1 atom stereocenters. The fraction of sp³-hybridized carbons (Fsp3) is 0.600. The van der Waals surface area contributed by atoms with Crippen LogP contribution in [0.5, 0.6) is 0 Å². The van der Waals surface area contributed by atoms with Crippen molar-refractivity contribution in [3.8, 4) is 0 Å². The highest BCUT2D eigenvalue weighted by Crippen LogP contribution is 2.16. The van der Waals surface area contributed by atoms with Gasteiger partial charge in [0, 0.05) is 6.42 Å². The van der Waals surface area contributed by atoms with Gasteiger partial charge in [-0.15, -0.1) is 0 Å². The predicted octanol–water partition coefficient (Wildman–Crippen LogP) is 4.23. The summed E-state index contributed by atoms with van der Waals surface area (Å²) in [5.41, 5.74) is 0.260. The van der Waals surface area contributed by atoms with E-state index in [0.717, 1.165) is 18.9 Å². The molecule has 0 fully saturated rings. The Morgan fingerprint density at radius 1 is 1.11 bits per heavy atom. The summed E-state index contributed by atoms with van der Waals surface area (Å²) in [5.74, 6) is -1.68. The number of halogens is 2. The van der Waals surface area contributed by atoms with Crippen molar-refractivity contribution in [2.75, 3.05) is 0 Å². The number of hydrogen-bond acceptors (Lipinski definition) is 1. The summed E-state index contributed by atoms with van der Waals surface area (Å²) in [4.78, 5) is 0. The molecule has 0 aliphatic rings. The molecule has 0 spiro atoms. The third kappa shape index (κ3) is 5.13. The summed E-state index contributed by atoms with van der Waals surface area (Å²) in [6, 6.07) is 4.09. The Morgan fingerprint density at radius 2 is 1.83 bits per heavy atom. The van der Waals surface area contributed by atoms with Gasteiger partial charge < -0.3 is 5.11 Å². The van der Waals surface area contributed by atoms with Crippen molar-refractivity contribution >= 4 is 0 Å². The van der Waals surface area contributed by atoms with Crippen molar-refractivity contribution < 1.29 is 13.9 Å². The quantitative estimate of drug-likeness (QED) is 0.690. The third-order valence-corrected chi connectivity index (χ3v) is 3.13. The lowest BCUT2D eigenvalue weighted by molar-refractivity contribution is 0.159. The number of rotatable bonds is 8. The van der Waals surface area contributed by atoms with Gasteiger partial charge >= 0.3 is 0 Å². The van der Waals surface area contributed by atoms with Gasteiger partial charge in [0.2, 0.25) is 0 Å². The van der Waals surface area contributed by atoms with E-state index in [1.807, 2.05) is 0 Å². The van der Waals surface area contributed by atoms with Gasteiger partial charge in [-0.2, -0.15) is 0 Å². The van der Waals surface area contributed by atoms with Crippen LogP contribution >= 0.6 is 0 Å². The fourth-order valence-electron chi connectivity index (χ4n) is 2.05. The summed E-state index contributed by atoms with van der Waals surface area (Å²) in [5, 5.41) is 9.79. The molecule has 1 N–H and O–H groups in total. The molecule has 0 aromatic heterocycles. The summed E-state index contributed by atoms with van der Waals surface area (Å²) < 4.78 is 26.3. The monoisotopic (exact) mass is 256 g/mol. The van der Waals surface area contributed by atoms with Crippen LogP contribution in [0.2, 0.25) is 0 Å². The number of aliphatic hydroxyl groups is 1. The highest BCUT2D eigenvalue weighted by Gasteiger charge is 2.12. The molecule has 0 heterocycles. The molecule has 0 saturated carbocycles. The van der Waals surface area contributed by atoms with E-state index in [9.17, 15) is 13.9 Å². The Morgan fingerprint density at radius 3 is 2.56 bits per heavy atom. The van der Waals surface area contributed by atoms with Crippen LogP contribution in [-0.2, 0) is 6.42 Å². The number of unbranched alkanes of at least 4 members (excludes halogenated alkanes) is 4. The van der Waals surface area contributed by atoms with Gasteiger partial charge in [-0.05, 0) is 18.1 Å². The average molecular weight is 256 g/mol. The van der Waals surface area contributed by atoms with E-state index in [1.165, 1.54) is 31.4 Å². The molecule has 0 aliphatic heterocycles. The smallest absolute Gasteiger partial charge is 0.162 e. The Hall–Kier alpha value is -0.960. The minimum absolute atomic E-state index is 0.192. The van der Waals surface area contributed by atoms with E-state index in [-0.39, 0.29) is 12.0 Å². The van der Waals surface area contributed by atoms with Crippen LogP contribution < -0.4 is 0 Å². The standard InChI is InChI=1S/C15H22F2O/c1-2-3-4-5-6-9-13(18)11-12-8-7-10-14(16)15(12)17/h7-8,10,13,18H,2-6,9,11H2,1H3. The molecule has 0 bridgehead atoms. The number of aliphatic hydroxyl groups excluding tert-OH is 1. The van der Waals surface area contributed by atoms with Gasteiger partial charge in [0.25, 0.3) is 0 Å². The second kappa shape index (κ2) is 8.20. The maximum atomic E-state index is 13.4. The molecule has 0 amide bonds. The van der Waals surface area contributed by atoms with Gasteiger partial charge in [-0.25, -0.2) is 8.78 Å². The van der Waals surface area contributed by atoms with Crippen LogP contribution in [0.3, 0.4) is 0 Å². The third-order valence-electron chi connectivity index (χ3n) is 3.13. The molecule has 1 aromatic rings. The lowest BCUT2D eigenvalue weighted by atomic mass is 10.0. The van der Waals surface area contributed by atoms with Crippen LogP contribution in [0, 0.1) is 11.6 Å².